The van der Waals surface area contributed by atoms with Crippen molar-refractivity contribution in [3.63, 3.8) is 0 Å². The van der Waals surface area contributed by atoms with Crippen molar-refractivity contribution in [3.8, 4) is 0 Å². The van der Waals surface area contributed by atoms with Gasteiger partial charge in [0.25, 0.3) is 5.91 Å². The second kappa shape index (κ2) is 18.8. The number of amides is 1. The van der Waals surface area contributed by atoms with Gasteiger partial charge in [0.15, 0.2) is 11.5 Å². The Morgan fingerprint density at radius 1 is 0.863 bits per heavy atom. The van der Waals surface area contributed by atoms with Crippen molar-refractivity contribution in [3.05, 3.63) is 29.7 Å². The lowest BCUT2D eigenvalue weighted by molar-refractivity contribution is -0.193. The molecule has 1 saturated heterocycles. The highest BCUT2D eigenvalue weighted by Crippen LogP contribution is 2.33. The maximum Gasteiger partial charge on any atom is 0.490 e. The van der Waals surface area contributed by atoms with E-state index in [1.807, 2.05) is 36.8 Å². The fourth-order valence-electron chi connectivity index (χ4n) is 4.30. The third-order valence-electron chi connectivity index (χ3n) is 6.94. The van der Waals surface area contributed by atoms with Crippen LogP contribution in [0.25, 0.3) is 5.65 Å². The number of rotatable bonds is 8. The second-order valence-electron chi connectivity index (χ2n) is 11.7. The second-order valence-corrected chi connectivity index (χ2v) is 11.7. The maximum absolute atomic E-state index is 12.6. The smallest absolute Gasteiger partial charge is 0.475 e. The van der Waals surface area contributed by atoms with E-state index in [9.17, 15) is 44.3 Å². The highest BCUT2D eigenvalue weighted by molar-refractivity contribution is 5.94. The first-order chi connectivity index (χ1) is 23.2. The van der Waals surface area contributed by atoms with Gasteiger partial charge in [0.2, 0.25) is 0 Å². The van der Waals surface area contributed by atoms with E-state index in [2.05, 4.69) is 44.1 Å². The van der Waals surface area contributed by atoms with E-state index in [0.29, 0.717) is 18.2 Å². The van der Waals surface area contributed by atoms with E-state index in [1.54, 1.807) is 0 Å². The number of aliphatic carboxylic acids is 3. The van der Waals surface area contributed by atoms with Crippen LogP contribution in [0.2, 0.25) is 0 Å². The minimum Gasteiger partial charge on any atom is -0.475 e. The van der Waals surface area contributed by atoms with Gasteiger partial charge in [0, 0.05) is 51.5 Å². The molecule has 1 atom stereocenters. The van der Waals surface area contributed by atoms with Gasteiger partial charge in [-0.25, -0.2) is 14.4 Å². The Labute approximate surface area is 284 Å². The molecule has 3 heterocycles. The SMILES string of the molecule is CC(C)N1CCN(CC2CC2)CC1c1nnc2ccc(C(=O)NCCN(C)C)cn12.O=C(O)C(F)(F)F.O=C(O)C(F)(F)F.O=C(O)C(F)(F)F. The van der Waals surface area contributed by atoms with Crippen LogP contribution >= 0.6 is 0 Å². The van der Waals surface area contributed by atoms with E-state index in [-0.39, 0.29) is 11.9 Å². The van der Waals surface area contributed by atoms with Crippen molar-refractivity contribution in [2.45, 2.75) is 57.3 Å². The molecule has 2 aliphatic rings. The van der Waals surface area contributed by atoms with E-state index >= 15 is 0 Å². The number of pyridine rings is 1. The number of nitrogens with zero attached hydrogens (tertiary/aromatic N) is 6. The topological polar surface area (TPSA) is 181 Å². The first kappa shape index (κ1) is 44.8. The Hall–Kier alpha value is -4.25. The Balaban J connectivity index is 0.000000505. The summed E-state index contributed by atoms with van der Waals surface area (Å²) in [6, 6.07) is 4.34. The first-order valence-electron chi connectivity index (χ1n) is 14.9. The molecule has 290 valence electrons. The van der Waals surface area contributed by atoms with Crippen molar-refractivity contribution < 1.29 is 74.0 Å². The summed E-state index contributed by atoms with van der Waals surface area (Å²) in [7, 11) is 4.00. The Morgan fingerprint density at radius 2 is 1.35 bits per heavy atom. The molecule has 2 aromatic rings. The van der Waals surface area contributed by atoms with Crippen molar-refractivity contribution >= 4 is 29.5 Å². The summed E-state index contributed by atoms with van der Waals surface area (Å²) in [6.07, 6.45) is -10.6. The highest BCUT2D eigenvalue weighted by Gasteiger charge is 2.40. The quantitative estimate of drug-likeness (QED) is 0.289. The zero-order valence-electron chi connectivity index (χ0n) is 27.7. The van der Waals surface area contributed by atoms with Gasteiger partial charge >= 0.3 is 36.4 Å². The van der Waals surface area contributed by atoms with Crippen LogP contribution in [0.15, 0.2) is 18.3 Å². The predicted octanol–water partition coefficient (Wildman–Crippen LogP) is 3.40. The Bertz CT molecular complexity index is 1400. The molecular weight excluding hydrogens is 717 g/mol. The van der Waals surface area contributed by atoms with Gasteiger partial charge in [0.05, 0.1) is 11.6 Å². The lowest BCUT2D eigenvalue weighted by Crippen LogP contribution is -2.51. The van der Waals surface area contributed by atoms with E-state index in [1.165, 1.54) is 19.4 Å². The number of hydrogen-bond donors (Lipinski definition) is 4. The molecule has 2 aromatic heterocycles. The molecule has 1 unspecified atom stereocenters. The molecule has 1 aliphatic heterocycles. The predicted molar refractivity (Wildman–Crippen MR) is 159 cm³/mol. The largest absolute Gasteiger partial charge is 0.490 e. The number of carbonyl (C=O) groups is 4. The number of carbonyl (C=O) groups excluding carboxylic acids is 1. The third kappa shape index (κ3) is 16.1. The number of alkyl halides is 9. The van der Waals surface area contributed by atoms with Crippen molar-refractivity contribution in [1.29, 1.82) is 0 Å². The standard InChI is InChI=1S/C22H35N7O.3C2HF3O2/c1-16(2)28-12-11-27(13-17-5-6-17)15-19(28)21-25-24-20-8-7-18(14-29(20)21)22(30)23-9-10-26(3)4;3*3-2(4,5)1(6)7/h7-8,14,16-17,19H,5-6,9-13,15H2,1-4H3,(H,23,30);3*(H,6,7). The number of nitrogens with one attached hydrogen (secondary N) is 1. The normalized spacial score (nSPS) is 17.0. The molecule has 1 amide bonds. The molecule has 1 saturated carbocycles. The van der Waals surface area contributed by atoms with Crippen LogP contribution in [0.5, 0.6) is 0 Å². The van der Waals surface area contributed by atoms with Crippen LogP contribution in [0.1, 0.15) is 48.9 Å². The van der Waals surface area contributed by atoms with E-state index in [4.69, 9.17) is 29.7 Å². The average molecular weight is 756 g/mol. The molecule has 0 bridgehead atoms. The lowest BCUT2D eigenvalue weighted by Gasteiger charge is -2.42. The molecule has 0 radical (unpaired) electrons. The molecule has 23 heteroatoms. The van der Waals surface area contributed by atoms with Gasteiger partial charge in [-0.15, -0.1) is 10.2 Å². The van der Waals surface area contributed by atoms with E-state index < -0.39 is 36.4 Å². The summed E-state index contributed by atoms with van der Waals surface area (Å²) in [6.45, 7) is 10.2. The molecule has 0 spiro atoms. The summed E-state index contributed by atoms with van der Waals surface area (Å²) in [4.78, 5) is 46.5. The monoisotopic (exact) mass is 755 g/mol. The number of piperazine rings is 1. The molecule has 51 heavy (non-hydrogen) atoms. The van der Waals surface area contributed by atoms with Gasteiger partial charge in [-0.3, -0.25) is 19.0 Å². The zero-order valence-corrected chi connectivity index (χ0v) is 27.7. The van der Waals surface area contributed by atoms with Gasteiger partial charge in [-0.1, -0.05) is 0 Å². The van der Waals surface area contributed by atoms with Crippen LogP contribution in [-0.4, -0.2) is 146 Å². The summed E-state index contributed by atoms with van der Waals surface area (Å²) in [5, 5.41) is 33.3. The minimum absolute atomic E-state index is 0.0573. The van der Waals surface area contributed by atoms with Crippen LogP contribution in [0.3, 0.4) is 0 Å². The molecule has 2 fully saturated rings. The molecule has 4 N–H and O–H groups in total. The van der Waals surface area contributed by atoms with Crippen LogP contribution < -0.4 is 5.32 Å². The number of aromatic nitrogens is 3. The summed E-state index contributed by atoms with van der Waals surface area (Å²) in [5.74, 6) is -6.52. The molecule has 14 nitrogen and oxygen atoms in total. The van der Waals surface area contributed by atoms with Crippen molar-refractivity contribution in [2.24, 2.45) is 5.92 Å². The fourth-order valence-corrected chi connectivity index (χ4v) is 4.30. The number of halogens is 9. The van der Waals surface area contributed by atoms with Crippen LogP contribution in [0.4, 0.5) is 39.5 Å². The van der Waals surface area contributed by atoms with Gasteiger partial charge in [0.1, 0.15) is 0 Å². The number of carboxylic acids is 3. The fraction of sp³-hybridized carbons (Fsp3) is 0.643. The van der Waals surface area contributed by atoms with Gasteiger partial charge in [-0.2, -0.15) is 39.5 Å². The van der Waals surface area contributed by atoms with E-state index in [0.717, 1.165) is 43.6 Å². The Morgan fingerprint density at radius 3 is 1.76 bits per heavy atom. The molecular formula is C28H38F9N7O7. The number of hydrogen-bond acceptors (Lipinski definition) is 9. The maximum atomic E-state index is 12.6. The number of carboxylic acid groups (broad SMARTS) is 3. The van der Waals surface area contributed by atoms with Crippen molar-refractivity contribution in [2.75, 3.05) is 53.4 Å². The van der Waals surface area contributed by atoms with Gasteiger partial charge < -0.3 is 25.5 Å². The van der Waals surface area contributed by atoms with Crippen molar-refractivity contribution in [1.82, 2.24) is 34.6 Å². The molecule has 0 aromatic carbocycles. The molecule has 1 aliphatic carbocycles. The lowest BCUT2D eigenvalue weighted by atomic mass is 10.1. The Kier molecular flexibility index (Phi) is 16.5. The number of likely N-dealkylation sites (N-methyl/N-ethyl adjacent to an activating group) is 1. The minimum atomic E-state index is -5.08. The van der Waals surface area contributed by atoms with Crippen LogP contribution in [-0.2, 0) is 14.4 Å². The summed E-state index contributed by atoms with van der Waals surface area (Å²) >= 11 is 0. The third-order valence-corrected chi connectivity index (χ3v) is 6.94. The number of fused-ring (bicyclic) bond motifs is 1. The average Bonchev–Trinajstić information content (AvgIpc) is 3.70. The highest BCUT2D eigenvalue weighted by atomic mass is 19.4. The van der Waals surface area contributed by atoms with Gasteiger partial charge in [-0.05, 0) is 58.8 Å². The first-order valence-corrected chi connectivity index (χ1v) is 14.9. The van der Waals surface area contributed by atoms with Crippen LogP contribution in [0, 0.1) is 5.92 Å². The summed E-state index contributed by atoms with van der Waals surface area (Å²) in [5.41, 5.74) is 1.43. The zero-order chi connectivity index (χ0) is 39.5. The summed E-state index contributed by atoms with van der Waals surface area (Å²) < 4.78 is 97.2. The molecule has 4 rings (SSSR count).